The Hall–Kier alpha value is -3.03. The summed E-state index contributed by atoms with van der Waals surface area (Å²) in [7, 11) is 5.54. The molecular weight excluding hydrogens is 385 g/mol. The molecule has 8 heteroatoms. The highest BCUT2D eigenvalue weighted by molar-refractivity contribution is 5.96. The largest absolute Gasteiger partial charge is 0.363 e. The molecule has 0 unspecified atom stereocenters. The van der Waals surface area contributed by atoms with Crippen molar-refractivity contribution in [3.63, 3.8) is 0 Å². The zero-order chi connectivity index (χ0) is 21.8. The van der Waals surface area contributed by atoms with Crippen molar-refractivity contribution in [2.75, 3.05) is 37.5 Å². The van der Waals surface area contributed by atoms with Crippen molar-refractivity contribution in [2.24, 2.45) is 0 Å². The SMILES string of the molecule is CCCC(=O)N(C)Cc1nc([C@@H]2CC(=O)N(c3ccc(F)cc3)C2)cc(N(C)C)n1. The van der Waals surface area contributed by atoms with Gasteiger partial charge in [-0.3, -0.25) is 9.59 Å². The molecular formula is C22H28FN5O2. The minimum atomic E-state index is -0.334. The molecule has 1 aliphatic rings. The number of anilines is 2. The summed E-state index contributed by atoms with van der Waals surface area (Å²) in [5.41, 5.74) is 1.45. The zero-order valence-electron chi connectivity index (χ0n) is 17.9. The summed E-state index contributed by atoms with van der Waals surface area (Å²) in [6, 6.07) is 7.82. The van der Waals surface area contributed by atoms with E-state index in [-0.39, 0.29) is 23.5 Å². The molecule has 0 bridgehead atoms. The third kappa shape index (κ3) is 4.93. The van der Waals surface area contributed by atoms with Gasteiger partial charge in [-0.25, -0.2) is 14.4 Å². The number of benzene rings is 1. The highest BCUT2D eigenvalue weighted by Crippen LogP contribution is 2.32. The summed E-state index contributed by atoms with van der Waals surface area (Å²) >= 11 is 0. The molecule has 160 valence electrons. The Bertz CT molecular complexity index is 916. The van der Waals surface area contributed by atoms with Gasteiger partial charge < -0.3 is 14.7 Å². The molecule has 0 aliphatic carbocycles. The predicted molar refractivity (Wildman–Crippen MR) is 114 cm³/mol. The van der Waals surface area contributed by atoms with E-state index in [4.69, 9.17) is 0 Å². The summed E-state index contributed by atoms with van der Waals surface area (Å²) in [5, 5.41) is 0. The van der Waals surface area contributed by atoms with Crippen LogP contribution in [0.25, 0.3) is 0 Å². The van der Waals surface area contributed by atoms with Crippen molar-refractivity contribution in [3.05, 3.63) is 47.7 Å². The molecule has 1 saturated heterocycles. The quantitative estimate of drug-likeness (QED) is 0.698. The lowest BCUT2D eigenvalue weighted by molar-refractivity contribution is -0.130. The fourth-order valence-electron chi connectivity index (χ4n) is 3.49. The van der Waals surface area contributed by atoms with Crippen LogP contribution in [0.15, 0.2) is 30.3 Å². The van der Waals surface area contributed by atoms with Crippen LogP contribution in [-0.2, 0) is 16.1 Å². The smallest absolute Gasteiger partial charge is 0.227 e. The van der Waals surface area contributed by atoms with Crippen LogP contribution in [0.3, 0.4) is 0 Å². The van der Waals surface area contributed by atoms with Gasteiger partial charge in [0.15, 0.2) is 0 Å². The first kappa shape index (κ1) is 21.7. The number of carbonyl (C=O) groups excluding carboxylic acids is 2. The molecule has 0 N–H and O–H groups in total. The maximum absolute atomic E-state index is 13.2. The molecule has 3 rings (SSSR count). The van der Waals surface area contributed by atoms with E-state index < -0.39 is 0 Å². The number of amides is 2. The van der Waals surface area contributed by atoms with Gasteiger partial charge in [-0.15, -0.1) is 0 Å². The Balaban J connectivity index is 1.84. The second kappa shape index (κ2) is 9.19. The molecule has 0 saturated carbocycles. The van der Waals surface area contributed by atoms with E-state index in [1.54, 1.807) is 29.0 Å². The van der Waals surface area contributed by atoms with Crippen molar-refractivity contribution in [2.45, 2.75) is 38.6 Å². The van der Waals surface area contributed by atoms with Crippen molar-refractivity contribution < 1.29 is 14.0 Å². The molecule has 1 aromatic carbocycles. The van der Waals surface area contributed by atoms with E-state index in [9.17, 15) is 14.0 Å². The first-order valence-corrected chi connectivity index (χ1v) is 10.1. The van der Waals surface area contributed by atoms with Gasteiger partial charge in [-0.2, -0.15) is 0 Å². The third-order valence-electron chi connectivity index (χ3n) is 5.19. The normalized spacial score (nSPS) is 16.1. The highest BCUT2D eigenvalue weighted by Gasteiger charge is 2.33. The van der Waals surface area contributed by atoms with Gasteiger partial charge in [0.25, 0.3) is 0 Å². The molecule has 1 aromatic heterocycles. The first-order valence-electron chi connectivity index (χ1n) is 10.1. The molecule has 7 nitrogen and oxygen atoms in total. The lowest BCUT2D eigenvalue weighted by Gasteiger charge is -2.20. The van der Waals surface area contributed by atoms with Crippen LogP contribution in [0, 0.1) is 5.82 Å². The van der Waals surface area contributed by atoms with Gasteiger partial charge in [0.05, 0.1) is 12.2 Å². The van der Waals surface area contributed by atoms with Crippen LogP contribution in [0.5, 0.6) is 0 Å². The van der Waals surface area contributed by atoms with Crippen LogP contribution >= 0.6 is 0 Å². The van der Waals surface area contributed by atoms with E-state index in [0.29, 0.717) is 37.4 Å². The summed E-state index contributed by atoms with van der Waals surface area (Å²) in [5.74, 6) is 0.888. The lowest BCUT2D eigenvalue weighted by Crippen LogP contribution is -2.27. The number of hydrogen-bond acceptors (Lipinski definition) is 5. The van der Waals surface area contributed by atoms with Crippen LogP contribution in [-0.4, -0.2) is 54.4 Å². The third-order valence-corrected chi connectivity index (χ3v) is 5.19. The second-order valence-electron chi connectivity index (χ2n) is 7.84. The van der Waals surface area contributed by atoms with E-state index in [1.807, 2.05) is 32.0 Å². The number of halogens is 1. The van der Waals surface area contributed by atoms with E-state index in [2.05, 4.69) is 9.97 Å². The van der Waals surface area contributed by atoms with E-state index >= 15 is 0 Å². The molecule has 30 heavy (non-hydrogen) atoms. The van der Waals surface area contributed by atoms with Crippen molar-refractivity contribution in [1.29, 1.82) is 0 Å². The van der Waals surface area contributed by atoms with Crippen molar-refractivity contribution in [3.8, 4) is 0 Å². The molecule has 0 radical (unpaired) electrons. The van der Waals surface area contributed by atoms with Crippen molar-refractivity contribution >= 4 is 23.3 Å². The molecule has 2 aromatic rings. The summed E-state index contributed by atoms with van der Waals surface area (Å²) in [6.07, 6.45) is 1.60. The average molecular weight is 413 g/mol. The Morgan fingerprint density at radius 2 is 1.90 bits per heavy atom. The molecule has 0 spiro atoms. The number of nitrogens with zero attached hydrogens (tertiary/aromatic N) is 5. The number of carbonyl (C=O) groups is 2. The van der Waals surface area contributed by atoms with Crippen LogP contribution in [0.1, 0.15) is 43.6 Å². The van der Waals surface area contributed by atoms with Gasteiger partial charge in [0.2, 0.25) is 11.8 Å². The molecule has 1 aliphatic heterocycles. The van der Waals surface area contributed by atoms with E-state index in [0.717, 1.165) is 17.9 Å². The standard InChI is InChI=1S/C22H28FN5O2/c1-5-6-21(29)27(4)14-19-24-18(12-20(25-19)26(2)3)15-11-22(30)28(13-15)17-9-7-16(23)8-10-17/h7-10,12,15H,5-6,11,13-14H2,1-4H3/t15-/m1/s1. The van der Waals surface area contributed by atoms with Gasteiger partial charge in [-0.1, -0.05) is 6.92 Å². The van der Waals surface area contributed by atoms with E-state index in [1.165, 1.54) is 12.1 Å². The topological polar surface area (TPSA) is 69.6 Å². The maximum atomic E-state index is 13.2. The number of rotatable bonds is 7. The number of aromatic nitrogens is 2. The fourth-order valence-corrected chi connectivity index (χ4v) is 3.49. The highest BCUT2D eigenvalue weighted by atomic mass is 19.1. The minimum Gasteiger partial charge on any atom is -0.363 e. The Morgan fingerprint density at radius 1 is 1.20 bits per heavy atom. The average Bonchev–Trinajstić information content (AvgIpc) is 3.10. The summed E-state index contributed by atoms with van der Waals surface area (Å²) < 4.78 is 13.2. The molecule has 1 fully saturated rings. The Morgan fingerprint density at radius 3 is 2.53 bits per heavy atom. The van der Waals surface area contributed by atoms with Gasteiger partial charge in [-0.05, 0) is 30.7 Å². The van der Waals surface area contributed by atoms with Crippen LogP contribution < -0.4 is 9.80 Å². The molecule has 2 heterocycles. The number of hydrogen-bond donors (Lipinski definition) is 0. The van der Waals surface area contributed by atoms with Crippen LogP contribution in [0.4, 0.5) is 15.9 Å². The van der Waals surface area contributed by atoms with Gasteiger partial charge in [0, 0.05) is 58.2 Å². The molecule has 2 amide bonds. The monoisotopic (exact) mass is 413 g/mol. The van der Waals surface area contributed by atoms with Crippen LogP contribution in [0.2, 0.25) is 0 Å². The lowest BCUT2D eigenvalue weighted by atomic mass is 10.0. The fraction of sp³-hybridized carbons (Fsp3) is 0.455. The first-order chi connectivity index (χ1) is 14.3. The predicted octanol–water partition coefficient (Wildman–Crippen LogP) is 2.96. The maximum Gasteiger partial charge on any atom is 0.227 e. The summed E-state index contributed by atoms with van der Waals surface area (Å²) in [6.45, 7) is 2.76. The van der Waals surface area contributed by atoms with Crippen molar-refractivity contribution in [1.82, 2.24) is 14.9 Å². The second-order valence-corrected chi connectivity index (χ2v) is 7.84. The Kier molecular flexibility index (Phi) is 6.64. The summed E-state index contributed by atoms with van der Waals surface area (Å²) in [4.78, 5) is 39.2. The molecule has 1 atom stereocenters. The van der Waals surface area contributed by atoms with Gasteiger partial charge >= 0.3 is 0 Å². The zero-order valence-corrected chi connectivity index (χ0v) is 17.9. The minimum absolute atomic E-state index is 0.0200. The Labute approximate surface area is 176 Å². The van der Waals surface area contributed by atoms with Gasteiger partial charge in [0.1, 0.15) is 17.5 Å².